The van der Waals surface area contributed by atoms with E-state index in [2.05, 4.69) is 10.2 Å². The summed E-state index contributed by atoms with van der Waals surface area (Å²) in [5, 5.41) is 25.3. The Morgan fingerprint density at radius 1 is 1.32 bits per heavy atom. The Morgan fingerprint density at radius 3 is 2.56 bits per heavy atom. The first-order valence-electron chi connectivity index (χ1n) is 7.81. The van der Waals surface area contributed by atoms with Gasteiger partial charge in [0.25, 0.3) is 0 Å². The van der Waals surface area contributed by atoms with E-state index in [4.69, 9.17) is 30.0 Å². The van der Waals surface area contributed by atoms with Crippen molar-refractivity contribution in [2.75, 3.05) is 13.7 Å². The van der Waals surface area contributed by atoms with E-state index in [9.17, 15) is 19.7 Å². The Bertz CT molecular complexity index is 514. The number of nitrogens with one attached hydrogen (secondary N) is 2. The van der Waals surface area contributed by atoms with Crippen LogP contribution in [-0.2, 0) is 23.3 Å². The average Bonchev–Trinajstić information content (AvgIpc) is 3.03. The Kier molecular flexibility index (Phi) is 7.01. The lowest BCUT2D eigenvalue weighted by molar-refractivity contribution is -0.0331. The zero-order chi connectivity index (χ0) is 18.8. The Balaban J connectivity index is 1.95. The standard InChI is InChI=1S/C12H25N4O8P/c1-3-5-7(8(17)11(13)23-5)16-25(19,20)22-4-6-10(21-2)9(18)12(15-14)24-6/h5-12,14,17-18H,3-4,13H2,1-2H3,(H2,16,19,20)/t5-,6-,7?,8+,9+,10?,11-,12-/m1/s1. The number of nitrogens with zero attached hydrogens (tertiary/aromatic N) is 1. The summed E-state index contributed by atoms with van der Waals surface area (Å²) in [6.45, 7) is 1.39. The van der Waals surface area contributed by atoms with Crippen LogP contribution >= 0.6 is 7.75 Å². The maximum atomic E-state index is 12.3. The van der Waals surface area contributed by atoms with Crippen LogP contribution in [0.15, 0.2) is 5.11 Å². The molecule has 0 bridgehead atoms. The van der Waals surface area contributed by atoms with E-state index in [1.165, 1.54) is 7.11 Å². The second-order valence-corrected chi connectivity index (χ2v) is 7.45. The quantitative estimate of drug-likeness (QED) is 0.215. The van der Waals surface area contributed by atoms with E-state index in [-0.39, 0.29) is 0 Å². The van der Waals surface area contributed by atoms with Crippen LogP contribution in [0.1, 0.15) is 13.3 Å². The molecular weight excluding hydrogens is 359 g/mol. The fourth-order valence-electron chi connectivity index (χ4n) is 2.95. The van der Waals surface area contributed by atoms with Gasteiger partial charge in [0.05, 0.1) is 18.8 Å². The summed E-state index contributed by atoms with van der Waals surface area (Å²) in [4.78, 5) is 10.00. The third-order valence-corrected chi connectivity index (χ3v) is 5.40. The molecule has 0 aromatic rings. The van der Waals surface area contributed by atoms with Gasteiger partial charge in [-0.05, 0) is 6.42 Å². The van der Waals surface area contributed by atoms with Gasteiger partial charge in [0, 0.05) is 7.11 Å². The topological polar surface area (TPSA) is 189 Å². The summed E-state index contributed by atoms with van der Waals surface area (Å²) in [5.74, 6) is 0. The highest BCUT2D eigenvalue weighted by molar-refractivity contribution is 7.50. The van der Waals surface area contributed by atoms with Gasteiger partial charge in [-0.15, -0.1) is 0 Å². The molecule has 25 heavy (non-hydrogen) atoms. The number of aliphatic hydroxyl groups excluding tert-OH is 2. The van der Waals surface area contributed by atoms with Crippen molar-refractivity contribution < 1.29 is 38.4 Å². The van der Waals surface area contributed by atoms with Gasteiger partial charge in [-0.1, -0.05) is 6.92 Å². The van der Waals surface area contributed by atoms with Gasteiger partial charge < -0.3 is 35.1 Å². The highest BCUT2D eigenvalue weighted by atomic mass is 31.2. The van der Waals surface area contributed by atoms with Gasteiger partial charge in [0.15, 0.2) is 6.23 Å². The molecular formula is C12H25N4O8P. The minimum atomic E-state index is -4.33. The smallest absolute Gasteiger partial charge is 0.387 e. The first kappa shape index (κ1) is 20.8. The molecule has 3 unspecified atom stereocenters. The van der Waals surface area contributed by atoms with Crippen molar-refractivity contribution in [3.63, 3.8) is 0 Å². The van der Waals surface area contributed by atoms with Gasteiger partial charge in [-0.25, -0.2) is 15.2 Å². The van der Waals surface area contributed by atoms with Crippen LogP contribution in [0.4, 0.5) is 0 Å². The van der Waals surface area contributed by atoms with Gasteiger partial charge in [0.2, 0.25) is 0 Å². The van der Waals surface area contributed by atoms with Crippen molar-refractivity contribution in [3.8, 4) is 0 Å². The third-order valence-electron chi connectivity index (χ3n) is 4.27. The highest BCUT2D eigenvalue weighted by Crippen LogP contribution is 2.41. The van der Waals surface area contributed by atoms with Gasteiger partial charge in [-0.3, -0.25) is 4.52 Å². The molecule has 0 amide bonds. The lowest BCUT2D eigenvalue weighted by Crippen LogP contribution is -2.45. The second-order valence-electron chi connectivity index (χ2n) is 5.89. The summed E-state index contributed by atoms with van der Waals surface area (Å²) >= 11 is 0. The minimum absolute atomic E-state index is 0.394. The Morgan fingerprint density at radius 2 is 2.00 bits per heavy atom. The molecule has 2 aliphatic heterocycles. The van der Waals surface area contributed by atoms with E-state index < -0.39 is 63.4 Å². The number of rotatable bonds is 8. The molecule has 146 valence electrons. The van der Waals surface area contributed by atoms with Crippen molar-refractivity contribution >= 4 is 7.75 Å². The van der Waals surface area contributed by atoms with Gasteiger partial charge in [0.1, 0.15) is 30.6 Å². The molecule has 0 saturated carbocycles. The fraction of sp³-hybridized carbons (Fsp3) is 1.00. The fourth-order valence-corrected chi connectivity index (χ4v) is 4.07. The summed E-state index contributed by atoms with van der Waals surface area (Å²) < 4.78 is 32.9. The van der Waals surface area contributed by atoms with Crippen LogP contribution < -0.4 is 10.8 Å². The molecule has 0 aromatic heterocycles. The van der Waals surface area contributed by atoms with Crippen LogP contribution in [0.2, 0.25) is 0 Å². The lowest BCUT2D eigenvalue weighted by Gasteiger charge is -2.25. The summed E-state index contributed by atoms with van der Waals surface area (Å²) in [7, 11) is -3.01. The molecule has 0 radical (unpaired) electrons. The van der Waals surface area contributed by atoms with Gasteiger partial charge in [-0.2, -0.15) is 5.11 Å². The largest absolute Gasteiger partial charge is 0.403 e. The summed E-state index contributed by atoms with van der Waals surface area (Å²) in [6, 6.07) is -0.875. The van der Waals surface area contributed by atoms with E-state index in [1.54, 1.807) is 6.92 Å². The minimum Gasteiger partial charge on any atom is -0.387 e. The van der Waals surface area contributed by atoms with E-state index in [0.29, 0.717) is 6.42 Å². The Hall–Kier alpha value is -0.530. The van der Waals surface area contributed by atoms with E-state index in [1.807, 2.05) is 0 Å². The molecule has 0 aliphatic carbocycles. The van der Waals surface area contributed by atoms with E-state index in [0.717, 1.165) is 0 Å². The second kappa shape index (κ2) is 8.44. The number of hydrogen-bond acceptors (Lipinski definition) is 10. The molecule has 13 heteroatoms. The van der Waals surface area contributed by atoms with Crippen molar-refractivity contribution in [2.45, 2.75) is 62.4 Å². The third kappa shape index (κ3) is 4.61. The van der Waals surface area contributed by atoms with Gasteiger partial charge >= 0.3 is 7.75 Å². The van der Waals surface area contributed by atoms with Crippen LogP contribution in [0.5, 0.6) is 0 Å². The number of hydrogen-bond donors (Lipinski definition) is 6. The molecule has 2 aliphatic rings. The zero-order valence-electron chi connectivity index (χ0n) is 13.9. The molecule has 2 heterocycles. The van der Waals surface area contributed by atoms with Crippen LogP contribution in [-0.4, -0.2) is 77.8 Å². The lowest BCUT2D eigenvalue weighted by atomic mass is 10.1. The molecule has 7 N–H and O–H groups in total. The Labute approximate surface area is 144 Å². The predicted molar refractivity (Wildman–Crippen MR) is 82.5 cm³/mol. The van der Waals surface area contributed by atoms with Crippen LogP contribution in [0.25, 0.3) is 0 Å². The maximum absolute atomic E-state index is 12.3. The normalized spacial score (nSPS) is 43.9. The summed E-state index contributed by atoms with van der Waals surface area (Å²) in [6.07, 6.45) is -6.28. The molecule has 9 atom stereocenters. The summed E-state index contributed by atoms with van der Waals surface area (Å²) in [5.41, 5.74) is 12.5. The maximum Gasteiger partial charge on any atom is 0.403 e. The molecule has 0 spiro atoms. The van der Waals surface area contributed by atoms with Crippen LogP contribution in [0.3, 0.4) is 0 Å². The van der Waals surface area contributed by atoms with Crippen molar-refractivity contribution in [2.24, 2.45) is 10.8 Å². The van der Waals surface area contributed by atoms with Crippen molar-refractivity contribution in [1.82, 2.24) is 5.09 Å². The number of aliphatic hydroxyl groups is 2. The average molecular weight is 384 g/mol. The highest BCUT2D eigenvalue weighted by Gasteiger charge is 2.47. The predicted octanol–water partition coefficient (Wildman–Crippen LogP) is -1.35. The number of methoxy groups -OCH3 is 1. The molecule has 12 nitrogen and oxygen atoms in total. The van der Waals surface area contributed by atoms with Crippen molar-refractivity contribution in [1.29, 1.82) is 5.53 Å². The molecule has 0 aromatic carbocycles. The first-order chi connectivity index (χ1) is 11.7. The molecule has 2 saturated heterocycles. The first-order valence-corrected chi connectivity index (χ1v) is 9.39. The molecule has 2 rings (SSSR count). The number of ether oxygens (including phenoxy) is 3. The monoisotopic (exact) mass is 384 g/mol. The van der Waals surface area contributed by atoms with Crippen molar-refractivity contribution in [3.05, 3.63) is 0 Å². The zero-order valence-corrected chi connectivity index (χ0v) is 14.8. The van der Waals surface area contributed by atoms with Crippen LogP contribution in [0, 0.1) is 5.53 Å². The molecule has 2 fully saturated rings. The number of nitrogens with two attached hydrogens (primary N) is 1. The SMILES string of the molecule is CC[C@H]1O[C@@H](N)[C@@H](O)C1NP(=O)(O)OC[C@H]1O[C@@H](N=N)[C@@H](O)C1OC. The van der Waals surface area contributed by atoms with E-state index >= 15 is 0 Å².